The summed E-state index contributed by atoms with van der Waals surface area (Å²) in [5.74, 6) is -0.269. The lowest BCUT2D eigenvalue weighted by Crippen LogP contribution is -2.08. The fraction of sp³-hybridized carbons (Fsp3) is 0.182. The predicted octanol–water partition coefficient (Wildman–Crippen LogP) is 1.78. The lowest BCUT2D eigenvalue weighted by molar-refractivity contribution is 0.624. The number of benzene rings is 1. The maximum atomic E-state index is 13.1. The Morgan fingerprint density at radius 3 is 2.93 bits per heavy atom. The summed E-state index contributed by atoms with van der Waals surface area (Å²) >= 11 is 0. The van der Waals surface area contributed by atoms with Crippen molar-refractivity contribution in [3.63, 3.8) is 0 Å². The topological polar surface area (TPSA) is 43.8 Å². The lowest BCUT2D eigenvalue weighted by atomic mass is 10.2. The second-order valence-corrected chi connectivity index (χ2v) is 3.37. The Balaban J connectivity index is 2.58. The van der Waals surface area contributed by atoms with Crippen LogP contribution in [0.1, 0.15) is 11.3 Å². The van der Waals surface area contributed by atoms with E-state index >= 15 is 0 Å². The number of nitrogens with zero attached hydrogens (tertiary/aromatic N) is 2. The van der Waals surface area contributed by atoms with Gasteiger partial charge < -0.3 is 5.73 Å². The summed E-state index contributed by atoms with van der Waals surface area (Å²) < 4.78 is 14.8. The molecule has 0 aliphatic heterocycles. The van der Waals surface area contributed by atoms with E-state index in [0.29, 0.717) is 6.54 Å². The molecule has 1 aromatic carbocycles. The number of nitrogens with two attached hydrogens (primary N) is 1. The van der Waals surface area contributed by atoms with Crippen LogP contribution in [0, 0.1) is 12.7 Å². The summed E-state index contributed by atoms with van der Waals surface area (Å²) in [5, 5.41) is 4.13. The van der Waals surface area contributed by atoms with Gasteiger partial charge in [-0.1, -0.05) is 6.07 Å². The minimum Gasteiger partial charge on any atom is -0.325 e. The van der Waals surface area contributed by atoms with Crippen LogP contribution < -0.4 is 5.73 Å². The fourth-order valence-electron chi connectivity index (χ4n) is 1.51. The third-order valence-electron chi connectivity index (χ3n) is 2.33. The summed E-state index contributed by atoms with van der Waals surface area (Å²) in [6.07, 6.45) is 1.66. The maximum Gasteiger partial charge on any atom is 0.125 e. The average molecular weight is 205 g/mol. The molecule has 1 aromatic heterocycles. The van der Waals surface area contributed by atoms with Gasteiger partial charge in [0.25, 0.3) is 0 Å². The van der Waals surface area contributed by atoms with Crippen LogP contribution in [0.25, 0.3) is 5.69 Å². The van der Waals surface area contributed by atoms with Gasteiger partial charge in [-0.2, -0.15) is 5.10 Å². The van der Waals surface area contributed by atoms with Crippen molar-refractivity contribution in [3.05, 3.63) is 47.5 Å². The maximum absolute atomic E-state index is 13.1. The molecule has 0 aliphatic carbocycles. The average Bonchev–Trinajstić information content (AvgIpc) is 2.69. The van der Waals surface area contributed by atoms with E-state index in [4.69, 9.17) is 5.73 Å². The number of halogens is 1. The van der Waals surface area contributed by atoms with E-state index in [2.05, 4.69) is 5.10 Å². The molecule has 0 spiro atoms. The van der Waals surface area contributed by atoms with Crippen LogP contribution in [-0.4, -0.2) is 9.78 Å². The summed E-state index contributed by atoms with van der Waals surface area (Å²) in [6, 6.07) is 6.45. The zero-order valence-electron chi connectivity index (χ0n) is 8.44. The molecule has 1 heterocycles. The monoisotopic (exact) mass is 205 g/mol. The molecule has 78 valence electrons. The van der Waals surface area contributed by atoms with E-state index in [9.17, 15) is 4.39 Å². The second-order valence-electron chi connectivity index (χ2n) is 3.37. The minimum atomic E-state index is -0.269. The van der Waals surface area contributed by atoms with E-state index < -0.39 is 0 Å². The summed E-state index contributed by atoms with van der Waals surface area (Å²) in [6.45, 7) is 2.30. The van der Waals surface area contributed by atoms with Crippen molar-refractivity contribution in [2.75, 3.05) is 0 Å². The predicted molar refractivity (Wildman–Crippen MR) is 56.2 cm³/mol. The van der Waals surface area contributed by atoms with E-state index in [1.165, 1.54) is 12.1 Å². The molecule has 0 unspecified atom stereocenters. The van der Waals surface area contributed by atoms with E-state index in [0.717, 1.165) is 16.9 Å². The molecule has 3 nitrogen and oxygen atoms in total. The van der Waals surface area contributed by atoms with E-state index in [-0.39, 0.29) is 5.82 Å². The van der Waals surface area contributed by atoms with Crippen molar-refractivity contribution in [1.82, 2.24) is 9.78 Å². The van der Waals surface area contributed by atoms with Gasteiger partial charge in [-0.25, -0.2) is 9.07 Å². The largest absolute Gasteiger partial charge is 0.325 e. The Hall–Kier alpha value is -1.68. The van der Waals surface area contributed by atoms with Crippen LogP contribution in [0.4, 0.5) is 4.39 Å². The van der Waals surface area contributed by atoms with Crippen molar-refractivity contribution < 1.29 is 4.39 Å². The molecule has 0 amide bonds. The number of aromatic nitrogens is 2. The van der Waals surface area contributed by atoms with Gasteiger partial charge in [0.05, 0.1) is 11.4 Å². The summed E-state index contributed by atoms with van der Waals surface area (Å²) in [5.41, 5.74) is 8.13. The van der Waals surface area contributed by atoms with E-state index in [1.807, 2.05) is 13.0 Å². The Morgan fingerprint density at radius 2 is 2.20 bits per heavy atom. The van der Waals surface area contributed by atoms with Crippen molar-refractivity contribution in [2.24, 2.45) is 5.73 Å². The highest BCUT2D eigenvalue weighted by molar-refractivity contribution is 5.41. The highest BCUT2D eigenvalue weighted by Gasteiger charge is 2.07. The molecule has 2 N–H and O–H groups in total. The first-order valence-electron chi connectivity index (χ1n) is 4.72. The highest BCUT2D eigenvalue weighted by atomic mass is 19.1. The van der Waals surface area contributed by atoms with Gasteiger partial charge in [0.1, 0.15) is 5.82 Å². The van der Waals surface area contributed by atoms with Crippen LogP contribution in [-0.2, 0) is 6.54 Å². The molecule has 2 aromatic rings. The smallest absolute Gasteiger partial charge is 0.125 e. The van der Waals surface area contributed by atoms with Gasteiger partial charge in [0.2, 0.25) is 0 Å². The molecule has 0 aliphatic rings. The Labute approximate surface area is 87.3 Å². The molecular formula is C11H12FN3. The first kappa shape index (κ1) is 9.86. The third kappa shape index (κ3) is 1.76. The molecule has 15 heavy (non-hydrogen) atoms. The second kappa shape index (κ2) is 3.82. The molecule has 0 saturated carbocycles. The summed E-state index contributed by atoms with van der Waals surface area (Å²) in [7, 11) is 0. The molecule has 2 rings (SSSR count). The molecule has 4 heteroatoms. The lowest BCUT2D eigenvalue weighted by Gasteiger charge is -2.08. The van der Waals surface area contributed by atoms with Crippen molar-refractivity contribution in [1.29, 1.82) is 0 Å². The minimum absolute atomic E-state index is 0.269. The van der Waals surface area contributed by atoms with Crippen LogP contribution in [0.15, 0.2) is 30.5 Å². The van der Waals surface area contributed by atoms with Gasteiger partial charge in [-0.15, -0.1) is 0 Å². The summed E-state index contributed by atoms with van der Waals surface area (Å²) in [4.78, 5) is 0. The van der Waals surface area contributed by atoms with Gasteiger partial charge in [-0.05, 0) is 30.7 Å². The number of hydrogen-bond donors (Lipinski definition) is 1. The molecule has 0 radical (unpaired) electrons. The first-order chi connectivity index (χ1) is 7.22. The SMILES string of the molecule is Cc1ccc(F)cc1-n1nccc1CN. The van der Waals surface area contributed by atoms with Gasteiger partial charge in [-0.3, -0.25) is 0 Å². The van der Waals surface area contributed by atoms with Crippen molar-refractivity contribution in [2.45, 2.75) is 13.5 Å². The first-order valence-corrected chi connectivity index (χ1v) is 4.72. The Morgan fingerprint density at radius 1 is 1.40 bits per heavy atom. The molecule has 0 bridgehead atoms. The molecular weight excluding hydrogens is 193 g/mol. The Kier molecular flexibility index (Phi) is 2.51. The number of aryl methyl sites for hydroxylation is 1. The van der Waals surface area contributed by atoms with Crippen molar-refractivity contribution in [3.8, 4) is 5.69 Å². The quantitative estimate of drug-likeness (QED) is 0.812. The molecule has 0 fully saturated rings. The van der Waals surface area contributed by atoms with Crippen molar-refractivity contribution >= 4 is 0 Å². The van der Waals surface area contributed by atoms with E-state index in [1.54, 1.807) is 16.9 Å². The zero-order valence-corrected chi connectivity index (χ0v) is 8.44. The van der Waals surface area contributed by atoms with Gasteiger partial charge in [0, 0.05) is 12.7 Å². The standard InChI is InChI=1S/C11H12FN3/c1-8-2-3-9(12)6-11(8)15-10(7-13)4-5-14-15/h2-6H,7,13H2,1H3. The number of hydrogen-bond acceptors (Lipinski definition) is 2. The van der Waals surface area contributed by atoms with Gasteiger partial charge >= 0.3 is 0 Å². The van der Waals surface area contributed by atoms with Crippen LogP contribution in [0.2, 0.25) is 0 Å². The molecule has 0 atom stereocenters. The van der Waals surface area contributed by atoms with Crippen LogP contribution in [0.3, 0.4) is 0 Å². The zero-order chi connectivity index (χ0) is 10.8. The highest BCUT2D eigenvalue weighted by Crippen LogP contribution is 2.16. The normalized spacial score (nSPS) is 10.6. The van der Waals surface area contributed by atoms with Crippen LogP contribution >= 0.6 is 0 Å². The number of rotatable bonds is 2. The molecule has 0 saturated heterocycles. The van der Waals surface area contributed by atoms with Gasteiger partial charge in [0.15, 0.2) is 0 Å². The Bertz CT molecular complexity index is 476. The van der Waals surface area contributed by atoms with Crippen LogP contribution in [0.5, 0.6) is 0 Å². The third-order valence-corrected chi connectivity index (χ3v) is 2.33. The fourth-order valence-corrected chi connectivity index (χ4v) is 1.51.